The number of hydrogen-bond acceptors (Lipinski definition) is 5. The maximum Gasteiger partial charge on any atom is 0.238 e. The van der Waals surface area contributed by atoms with E-state index in [1.807, 2.05) is 67.6 Å². The second-order valence-corrected chi connectivity index (χ2v) is 12.6. The molecule has 7 nitrogen and oxygen atoms in total. The zero-order valence-corrected chi connectivity index (χ0v) is 25.2. The van der Waals surface area contributed by atoms with Gasteiger partial charge in [-0.1, -0.05) is 61.9 Å². The number of phenols is 1. The third kappa shape index (κ3) is 4.16. The second kappa shape index (κ2) is 10.6. The number of aromatic hydroxyl groups is 1. The number of allylic oxidation sites excluding steroid dienone is 2. The van der Waals surface area contributed by atoms with Crippen LogP contribution in [0.5, 0.6) is 5.75 Å². The van der Waals surface area contributed by atoms with E-state index in [-0.39, 0.29) is 35.3 Å². The molecule has 4 aliphatic rings. The molecule has 3 fully saturated rings. The number of hydrogen-bond donors (Lipinski definition) is 1. The van der Waals surface area contributed by atoms with Crippen molar-refractivity contribution in [1.29, 1.82) is 0 Å². The number of aryl methyl sites for hydroxylation is 3. The van der Waals surface area contributed by atoms with Gasteiger partial charge in [-0.25, -0.2) is 0 Å². The molecule has 0 spiro atoms. The van der Waals surface area contributed by atoms with E-state index in [0.717, 1.165) is 35.1 Å². The van der Waals surface area contributed by atoms with Crippen LogP contribution in [0.4, 0.5) is 11.4 Å². The van der Waals surface area contributed by atoms with Gasteiger partial charge in [-0.3, -0.25) is 29.0 Å². The highest BCUT2D eigenvalue weighted by atomic mass is 16.3. The van der Waals surface area contributed by atoms with Crippen molar-refractivity contribution < 1.29 is 24.3 Å². The zero-order valence-electron chi connectivity index (χ0n) is 25.2. The highest BCUT2D eigenvalue weighted by Gasteiger charge is 2.62. The molecule has 2 aliphatic carbocycles. The summed E-state index contributed by atoms with van der Waals surface area (Å²) in [5.74, 6) is -3.96. The van der Waals surface area contributed by atoms with Crippen molar-refractivity contribution in [2.45, 2.75) is 52.4 Å². The van der Waals surface area contributed by atoms with Gasteiger partial charge in [0.15, 0.2) is 0 Å². The topological polar surface area (TPSA) is 95.0 Å². The van der Waals surface area contributed by atoms with Gasteiger partial charge < -0.3 is 5.11 Å². The van der Waals surface area contributed by atoms with Crippen LogP contribution in [0.15, 0.2) is 78.4 Å². The lowest BCUT2D eigenvalue weighted by molar-refractivity contribution is -0.126. The number of carbonyl (C=O) groups excluding carboxylic acids is 4. The largest absolute Gasteiger partial charge is 0.508 e. The summed E-state index contributed by atoms with van der Waals surface area (Å²) < 4.78 is 0. The Balaban J connectivity index is 1.31. The van der Waals surface area contributed by atoms with E-state index in [4.69, 9.17) is 0 Å². The average Bonchev–Trinajstić information content (AvgIpc) is 3.45. The highest BCUT2D eigenvalue weighted by Crippen LogP contribution is 2.58. The summed E-state index contributed by atoms with van der Waals surface area (Å²) in [5.41, 5.74) is 5.82. The lowest BCUT2D eigenvalue weighted by Crippen LogP contribution is -2.43. The van der Waals surface area contributed by atoms with E-state index in [9.17, 15) is 24.3 Å². The van der Waals surface area contributed by atoms with Gasteiger partial charge in [0, 0.05) is 5.92 Å². The first-order chi connectivity index (χ1) is 21.2. The van der Waals surface area contributed by atoms with E-state index in [1.54, 1.807) is 6.07 Å². The molecule has 6 atom stereocenters. The summed E-state index contributed by atoms with van der Waals surface area (Å²) in [5, 5.41) is 10.3. The van der Waals surface area contributed by atoms with Crippen LogP contribution >= 0.6 is 0 Å². The molecule has 3 aromatic rings. The molecular weight excluding hydrogens is 552 g/mol. The molecule has 1 saturated carbocycles. The number of rotatable bonds is 5. The van der Waals surface area contributed by atoms with Crippen molar-refractivity contribution in [1.82, 2.24) is 0 Å². The summed E-state index contributed by atoms with van der Waals surface area (Å²) in [6.07, 6.45) is 4.50. The Bertz CT molecular complexity index is 1720. The highest BCUT2D eigenvalue weighted by molar-refractivity contribution is 6.24. The quantitative estimate of drug-likeness (QED) is 0.297. The normalized spacial score (nSPS) is 27.8. The Kier molecular flexibility index (Phi) is 6.80. The zero-order chi connectivity index (χ0) is 30.9. The first-order valence-corrected chi connectivity index (χ1v) is 15.7. The van der Waals surface area contributed by atoms with Crippen molar-refractivity contribution in [2.24, 2.45) is 29.6 Å². The summed E-state index contributed by atoms with van der Waals surface area (Å²) in [6.45, 7) is 5.92. The van der Waals surface area contributed by atoms with E-state index >= 15 is 0 Å². The van der Waals surface area contributed by atoms with Crippen LogP contribution in [0.3, 0.4) is 0 Å². The van der Waals surface area contributed by atoms with E-state index < -0.39 is 29.6 Å². The molecular formula is C37H36N2O5. The minimum Gasteiger partial charge on any atom is -0.508 e. The molecule has 0 bridgehead atoms. The van der Waals surface area contributed by atoms with Gasteiger partial charge in [0.25, 0.3) is 0 Å². The molecule has 2 aliphatic heterocycles. The third-order valence-corrected chi connectivity index (χ3v) is 10.4. The second-order valence-electron chi connectivity index (χ2n) is 12.6. The lowest BCUT2D eigenvalue weighted by atomic mass is 9.57. The van der Waals surface area contributed by atoms with Crippen LogP contribution in [-0.4, -0.2) is 28.7 Å². The van der Waals surface area contributed by atoms with E-state index in [2.05, 4.69) is 19.9 Å². The van der Waals surface area contributed by atoms with Crippen molar-refractivity contribution in [3.63, 3.8) is 0 Å². The lowest BCUT2D eigenvalue weighted by Gasteiger charge is -2.44. The molecule has 3 aromatic carbocycles. The van der Waals surface area contributed by atoms with Gasteiger partial charge in [-0.05, 0) is 91.1 Å². The van der Waals surface area contributed by atoms with Crippen molar-refractivity contribution >= 4 is 35.0 Å². The van der Waals surface area contributed by atoms with Gasteiger partial charge in [0.05, 0.1) is 35.0 Å². The maximum atomic E-state index is 14.2. The van der Waals surface area contributed by atoms with E-state index in [0.29, 0.717) is 29.8 Å². The fraction of sp³-hybridized carbons (Fsp3) is 0.351. The number of amides is 4. The minimum absolute atomic E-state index is 0.156. The number of fused-ring (bicyclic) bond motifs is 4. The van der Waals surface area contributed by atoms with Crippen LogP contribution in [0, 0.1) is 36.5 Å². The number of benzene rings is 3. The molecule has 224 valence electrons. The van der Waals surface area contributed by atoms with Crippen LogP contribution in [0.25, 0.3) is 0 Å². The predicted octanol–water partition coefficient (Wildman–Crippen LogP) is 5.87. The number of nitrogens with zero attached hydrogens (tertiary/aromatic N) is 2. The smallest absolute Gasteiger partial charge is 0.238 e. The Morgan fingerprint density at radius 1 is 0.682 bits per heavy atom. The monoisotopic (exact) mass is 588 g/mol. The molecule has 2 heterocycles. The summed E-state index contributed by atoms with van der Waals surface area (Å²) in [4.78, 5) is 59.0. The molecule has 7 heteroatoms. The first-order valence-electron chi connectivity index (χ1n) is 15.7. The van der Waals surface area contributed by atoms with Gasteiger partial charge in [-0.2, -0.15) is 0 Å². The van der Waals surface area contributed by atoms with E-state index in [1.165, 1.54) is 9.80 Å². The maximum absolute atomic E-state index is 14.2. The van der Waals surface area contributed by atoms with Gasteiger partial charge >= 0.3 is 0 Å². The average molecular weight is 589 g/mol. The number of anilines is 2. The SMILES string of the molecule is CCc1ccc(N2C(=O)[C@H]3[C@H](CC=C4[C@H]3C[C@H]3C(=O)N(c5ccc(CC)cc5)C(=O)[C@H]3[C@H]4c3ccc(O)c(C)c3)C2=O)cc1. The van der Waals surface area contributed by atoms with Crippen molar-refractivity contribution in [3.8, 4) is 5.75 Å². The molecule has 0 aromatic heterocycles. The number of carbonyl (C=O) groups is 4. The van der Waals surface area contributed by atoms with Crippen LogP contribution in [-0.2, 0) is 32.0 Å². The Labute approximate surface area is 257 Å². The van der Waals surface area contributed by atoms with Gasteiger partial charge in [-0.15, -0.1) is 0 Å². The van der Waals surface area contributed by atoms with Gasteiger partial charge in [0.2, 0.25) is 23.6 Å². The minimum atomic E-state index is -0.638. The third-order valence-electron chi connectivity index (χ3n) is 10.4. The predicted molar refractivity (Wildman–Crippen MR) is 167 cm³/mol. The molecule has 1 N–H and O–H groups in total. The standard InChI is InChI=1S/C37H36N2O5/c1-4-21-6-11-24(12-7-21)38-34(41)27-16-15-26-28(32(27)36(38)43)19-29-33(31(26)23-10-17-30(40)20(3)18-23)37(44)39(35(29)42)25-13-8-22(5-2)9-14-25/h6-15,17-18,27-29,31-33,40H,4-5,16,19H2,1-3H3/t27-,28+,29+,31-,32-,33+/m0/s1. The molecule has 0 radical (unpaired) electrons. The number of imide groups is 2. The summed E-state index contributed by atoms with van der Waals surface area (Å²) in [6, 6.07) is 20.4. The molecule has 7 rings (SSSR count). The Hall–Kier alpha value is -4.52. The van der Waals surface area contributed by atoms with Gasteiger partial charge in [0.1, 0.15) is 5.75 Å². The van der Waals surface area contributed by atoms with Crippen LogP contribution in [0.1, 0.15) is 54.9 Å². The molecule has 2 saturated heterocycles. The first kappa shape index (κ1) is 28.3. The molecule has 0 unspecified atom stereocenters. The van der Waals surface area contributed by atoms with Crippen molar-refractivity contribution in [2.75, 3.05) is 9.80 Å². The van der Waals surface area contributed by atoms with Crippen molar-refractivity contribution in [3.05, 3.63) is 101 Å². The number of phenolic OH excluding ortho intramolecular Hbond substituents is 1. The van der Waals surface area contributed by atoms with Crippen LogP contribution < -0.4 is 9.80 Å². The Morgan fingerprint density at radius 3 is 1.77 bits per heavy atom. The summed E-state index contributed by atoms with van der Waals surface area (Å²) >= 11 is 0. The fourth-order valence-corrected chi connectivity index (χ4v) is 8.11. The summed E-state index contributed by atoms with van der Waals surface area (Å²) in [7, 11) is 0. The molecule has 44 heavy (non-hydrogen) atoms. The Morgan fingerprint density at radius 2 is 1.23 bits per heavy atom. The fourth-order valence-electron chi connectivity index (χ4n) is 8.11. The molecule has 4 amide bonds. The van der Waals surface area contributed by atoms with Crippen LogP contribution in [0.2, 0.25) is 0 Å².